The molecule has 2 aliphatic rings. The molecule has 0 radical (unpaired) electrons. The van der Waals surface area contributed by atoms with Crippen LogP contribution < -0.4 is 20.4 Å². The molecule has 0 unspecified atom stereocenters. The van der Waals surface area contributed by atoms with Gasteiger partial charge in [-0.2, -0.15) is 0 Å². The molecule has 1 aliphatic heterocycles. The van der Waals surface area contributed by atoms with Crippen molar-refractivity contribution in [1.82, 2.24) is 25.8 Å². The maximum Gasteiger partial charge on any atom is 0.416 e. The molecule has 1 heterocycles. The van der Waals surface area contributed by atoms with Gasteiger partial charge in [0.25, 0.3) is 8.32 Å². The maximum absolute atomic E-state index is 16.4. The van der Waals surface area contributed by atoms with Crippen LogP contribution in [0.2, 0.25) is 49.9 Å². The highest BCUT2D eigenvalue weighted by molar-refractivity contribution is 6.79. The minimum Gasteiger partial charge on any atom is -0.543 e. The molecular formula is C76H117FN6O11Si3. The van der Waals surface area contributed by atoms with Crippen LogP contribution in [0.25, 0.3) is 0 Å². The van der Waals surface area contributed by atoms with Crippen molar-refractivity contribution in [3.05, 3.63) is 137 Å². The first-order valence-electron chi connectivity index (χ1n) is 35.8. The van der Waals surface area contributed by atoms with Gasteiger partial charge in [0.2, 0.25) is 40.3 Å². The predicted octanol–water partition coefficient (Wildman–Crippen LogP) is 16.3. The third-order valence-corrected chi connectivity index (χ3v) is 39.3. The number of rotatable bonds is 33. The number of benzene rings is 4. The highest BCUT2D eigenvalue weighted by Gasteiger charge is 2.55. The molecule has 7 atom stereocenters. The molecular weight excluding hydrogens is 1280 g/mol. The van der Waals surface area contributed by atoms with E-state index in [9.17, 15) is 19.1 Å². The Balaban J connectivity index is 1.36. The predicted molar refractivity (Wildman–Crippen MR) is 391 cm³/mol. The number of likely N-dealkylation sites (tertiary alicyclic amines) is 1. The average molecular weight is 1390 g/mol. The van der Waals surface area contributed by atoms with Crippen molar-refractivity contribution in [2.75, 3.05) is 13.2 Å². The number of amides is 5. The number of hydrogen-bond acceptors (Lipinski definition) is 12. The second-order valence-corrected chi connectivity index (χ2v) is 46.2. The van der Waals surface area contributed by atoms with Gasteiger partial charge < -0.3 is 43.4 Å². The van der Waals surface area contributed by atoms with Gasteiger partial charge in [0, 0.05) is 31.5 Å². The summed E-state index contributed by atoms with van der Waals surface area (Å²) in [5.74, 6) is -1.83. The summed E-state index contributed by atoms with van der Waals surface area (Å²) in [6.45, 7) is 39.2. The van der Waals surface area contributed by atoms with E-state index < -0.39 is 104 Å². The highest BCUT2D eigenvalue weighted by atomic mass is 28.4. The molecule has 1 aliphatic carbocycles. The van der Waals surface area contributed by atoms with E-state index >= 15 is 14.4 Å². The van der Waals surface area contributed by atoms with Crippen LogP contribution in [0.15, 0.2) is 109 Å². The molecule has 5 amide bonds. The number of alkyl carbamates (subject to hydrolysis) is 1. The number of aliphatic hydroxyl groups is 1. The Morgan fingerprint density at radius 2 is 1.09 bits per heavy atom. The zero-order valence-corrected chi connectivity index (χ0v) is 64.4. The molecule has 2 fully saturated rings. The number of aliphatic hydroxyl groups excluding tert-OH is 1. The fraction of sp³-hybridized carbons (Fsp3) is 0.605. The van der Waals surface area contributed by atoms with Crippen molar-refractivity contribution in [3.63, 3.8) is 0 Å². The molecule has 1 saturated carbocycles. The SMILES string of the molecule is CC(C)[Si](Oc1ccc(C[C@@H](O[Si](C(C)C)(C(C)C)C(C)C)C(=O)N[C@H](Cc2ccc(F)cc2)C(=O)N2[C@H](C(=O)N[C@H](CO)CCCN(C(=N)NC(=O)OCc3ccccc3)C(=O)OCc3ccccc3)C[C@@H]3CC[C@@H](O[Si](C(C)C)(C(C)C)C(C)C)C[C@@H]32)cc1)(C(C)C)C(C)C. The lowest BCUT2D eigenvalue weighted by Gasteiger charge is -2.47. The number of halogens is 1. The summed E-state index contributed by atoms with van der Waals surface area (Å²) in [6.07, 6.45) is -0.537. The fourth-order valence-corrected chi connectivity index (χ4v) is 33.0. The van der Waals surface area contributed by atoms with E-state index in [1.54, 1.807) is 65.6 Å². The Morgan fingerprint density at radius 3 is 1.60 bits per heavy atom. The number of hydrogen-bond donors (Lipinski definition) is 5. The van der Waals surface area contributed by atoms with Crippen molar-refractivity contribution in [2.24, 2.45) is 5.92 Å². The number of fused-ring (bicyclic) bond motifs is 1. The highest BCUT2D eigenvalue weighted by Crippen LogP contribution is 2.49. The van der Waals surface area contributed by atoms with Crippen LogP contribution in [-0.4, -0.2) is 125 Å². The lowest BCUT2D eigenvalue weighted by atomic mass is 9.83. The number of carbonyl (C=O) groups excluding carboxylic acids is 5. The minimum absolute atomic E-state index is 0.0255. The molecule has 21 heteroatoms. The van der Waals surface area contributed by atoms with Gasteiger partial charge in [-0.25, -0.2) is 18.9 Å². The Morgan fingerprint density at radius 1 is 0.598 bits per heavy atom. The van der Waals surface area contributed by atoms with Crippen LogP contribution in [0.4, 0.5) is 14.0 Å². The van der Waals surface area contributed by atoms with Crippen LogP contribution in [0.5, 0.6) is 5.75 Å². The molecule has 6 rings (SSSR count). The fourth-order valence-electron chi connectivity index (χ4n) is 16.6. The molecule has 4 aromatic rings. The summed E-state index contributed by atoms with van der Waals surface area (Å²) >= 11 is 0. The molecule has 0 bridgehead atoms. The molecule has 17 nitrogen and oxygen atoms in total. The van der Waals surface area contributed by atoms with Crippen molar-refractivity contribution in [3.8, 4) is 5.75 Å². The van der Waals surface area contributed by atoms with Crippen LogP contribution in [0.3, 0.4) is 0 Å². The second kappa shape index (κ2) is 36.2. The number of nitrogens with one attached hydrogen (secondary N) is 4. The van der Waals surface area contributed by atoms with Crippen LogP contribution in [0, 0.1) is 17.1 Å². The molecule has 1 saturated heterocycles. The Kier molecular flexibility index (Phi) is 29.8. The van der Waals surface area contributed by atoms with E-state index in [0.717, 1.165) is 28.2 Å². The minimum atomic E-state index is -2.82. The van der Waals surface area contributed by atoms with Crippen LogP contribution in [0.1, 0.15) is 185 Å². The van der Waals surface area contributed by atoms with Gasteiger partial charge >= 0.3 is 12.2 Å². The topological polar surface area (TPSA) is 218 Å². The van der Waals surface area contributed by atoms with Gasteiger partial charge in [0.1, 0.15) is 43.0 Å². The molecule has 536 valence electrons. The molecule has 97 heavy (non-hydrogen) atoms. The van der Waals surface area contributed by atoms with Crippen molar-refractivity contribution in [2.45, 2.75) is 275 Å². The first-order chi connectivity index (χ1) is 45.8. The average Bonchev–Trinajstić information content (AvgIpc) is 1.64. The van der Waals surface area contributed by atoms with E-state index in [-0.39, 0.29) is 90.7 Å². The van der Waals surface area contributed by atoms with Gasteiger partial charge in [-0.15, -0.1) is 0 Å². The number of ether oxygens (including phenoxy) is 2. The summed E-state index contributed by atoms with van der Waals surface area (Å²) in [5, 5.41) is 28.6. The molecule has 5 N–H and O–H groups in total. The summed E-state index contributed by atoms with van der Waals surface area (Å²) < 4.78 is 47.9. The maximum atomic E-state index is 16.4. The van der Waals surface area contributed by atoms with Gasteiger partial charge in [-0.3, -0.25) is 25.1 Å². The van der Waals surface area contributed by atoms with Crippen LogP contribution in [-0.2, 0) is 58.8 Å². The summed E-state index contributed by atoms with van der Waals surface area (Å²) in [6, 6.07) is 28.3. The summed E-state index contributed by atoms with van der Waals surface area (Å²) in [5.41, 5.74) is 5.16. The van der Waals surface area contributed by atoms with E-state index in [1.165, 1.54) is 12.1 Å². The standard InChI is InChI=1S/C76H117FN6O11Si3/c1-49(2)95(50(3)4,51(5)6)92-65-38-33-59(34-39-65)43-70(94-97(55(13)14,56(15)16)57(17)18)72(86)80-67(42-58-31-36-63(77)37-32-58)73(87)83-68-45-66(93-96(52(7)8,53(9)10)54(11)12)40-35-62(68)44-69(83)71(85)79-64(46-84)30-25-41-82(76(89)91-48-61-28-23-20-24-29-61)74(78)81-75(88)90-47-60-26-21-19-22-27-60/h19-24,26-29,31-34,36-39,49-57,62,64,66-70,84H,25,30,35,40-48H2,1-18H3,(H,79,85)(H,80,86)(H2,78,81,88)/t62-,64-,66+,67+,68-,69-,70+/m0/s1. The molecule has 0 spiro atoms. The Hall–Kier alpha value is -6.24. The van der Waals surface area contributed by atoms with Gasteiger partial charge in [-0.1, -0.05) is 210 Å². The summed E-state index contributed by atoms with van der Waals surface area (Å²) in [7, 11) is -7.58. The largest absolute Gasteiger partial charge is 0.543 e. The zero-order valence-electron chi connectivity index (χ0n) is 61.4. The number of guanidine groups is 1. The molecule has 0 aromatic heterocycles. The van der Waals surface area contributed by atoms with Crippen molar-refractivity contribution >= 4 is 60.8 Å². The number of carbonyl (C=O) groups is 5. The monoisotopic (exact) mass is 1390 g/mol. The lowest BCUT2D eigenvalue weighted by Crippen LogP contribution is -2.60. The quantitative estimate of drug-likeness (QED) is 0.0172. The van der Waals surface area contributed by atoms with E-state index in [4.69, 9.17) is 28.2 Å². The molecule has 4 aromatic carbocycles. The van der Waals surface area contributed by atoms with Gasteiger partial charge in [-0.05, 0) is 141 Å². The van der Waals surface area contributed by atoms with Crippen molar-refractivity contribution < 1.29 is 56.2 Å². The first kappa shape index (κ1) is 79.7. The van der Waals surface area contributed by atoms with Crippen LogP contribution >= 0.6 is 0 Å². The normalized spacial score (nSPS) is 17.8. The second-order valence-electron chi connectivity index (χ2n) is 30.0. The van der Waals surface area contributed by atoms with E-state index in [1.807, 2.05) is 36.4 Å². The Labute approximate surface area is 582 Å². The third-order valence-electron chi connectivity index (χ3n) is 21.1. The number of nitrogens with zero attached hydrogens (tertiary/aromatic N) is 2. The van der Waals surface area contributed by atoms with E-state index in [2.05, 4.69) is 141 Å². The zero-order chi connectivity index (χ0) is 71.7. The van der Waals surface area contributed by atoms with E-state index in [0.29, 0.717) is 47.0 Å². The van der Waals surface area contributed by atoms with Gasteiger partial charge in [0.05, 0.1) is 12.6 Å². The lowest BCUT2D eigenvalue weighted by molar-refractivity contribution is -0.145. The van der Waals surface area contributed by atoms with Crippen molar-refractivity contribution in [1.29, 1.82) is 5.41 Å². The Bertz CT molecular complexity index is 3090. The smallest absolute Gasteiger partial charge is 0.416 e. The van der Waals surface area contributed by atoms with Gasteiger partial charge in [0.15, 0.2) is 0 Å². The first-order valence-corrected chi connectivity index (χ1v) is 42.2. The summed E-state index contributed by atoms with van der Waals surface area (Å²) in [4.78, 5) is 77.1. The third kappa shape index (κ3) is 20.0.